The maximum Gasteiger partial charge on any atom is 0.247 e. The highest BCUT2D eigenvalue weighted by Gasteiger charge is 2.35. The van der Waals surface area contributed by atoms with Gasteiger partial charge in [0.1, 0.15) is 12.1 Å². The van der Waals surface area contributed by atoms with Gasteiger partial charge in [0.25, 0.3) is 0 Å². The number of nitrogens with one attached hydrogen (secondary N) is 3. The molecule has 0 spiro atoms. The lowest BCUT2D eigenvalue weighted by atomic mass is 10.1. The molecule has 11 heteroatoms. The normalized spacial score (nSPS) is 17.3. The minimum absolute atomic E-state index is 0.0467. The molecule has 3 N–H and O–H groups in total. The van der Waals surface area contributed by atoms with Crippen LogP contribution in [0, 0.1) is 0 Å². The van der Waals surface area contributed by atoms with E-state index in [1.165, 1.54) is 0 Å². The lowest BCUT2D eigenvalue weighted by Gasteiger charge is -2.24. The van der Waals surface area contributed by atoms with Gasteiger partial charge in [0.05, 0.1) is 36.6 Å². The molecule has 4 amide bonds. The number of H-pyrrole nitrogens is 1. The molecule has 2 aliphatic rings. The lowest BCUT2D eigenvalue weighted by Crippen LogP contribution is -2.43. The van der Waals surface area contributed by atoms with E-state index in [-0.39, 0.29) is 36.5 Å². The van der Waals surface area contributed by atoms with Gasteiger partial charge in [-0.05, 0) is 61.1 Å². The number of amides is 4. The van der Waals surface area contributed by atoms with E-state index >= 15 is 0 Å². The Balaban J connectivity index is 0.967. The summed E-state index contributed by atoms with van der Waals surface area (Å²) in [5.41, 5.74) is 4.45. The fourth-order valence-corrected chi connectivity index (χ4v) is 6.73. The van der Waals surface area contributed by atoms with Crippen LogP contribution in [0.3, 0.4) is 0 Å². The number of carbonyl (C=O) groups is 4. The van der Waals surface area contributed by atoms with Gasteiger partial charge >= 0.3 is 0 Å². The average Bonchev–Trinajstić information content (AvgIpc) is 3.90. The predicted molar refractivity (Wildman–Crippen MR) is 186 cm³/mol. The Morgan fingerprint density at radius 1 is 0.673 bits per heavy atom. The van der Waals surface area contributed by atoms with E-state index in [1.54, 1.807) is 22.2 Å². The van der Waals surface area contributed by atoms with Crippen molar-refractivity contribution < 1.29 is 19.2 Å². The number of likely N-dealkylation sites (tertiary alicyclic amines) is 2. The van der Waals surface area contributed by atoms with Gasteiger partial charge in [0.15, 0.2) is 5.82 Å². The number of aromatic nitrogens is 3. The van der Waals surface area contributed by atoms with Gasteiger partial charge in [-0.15, -0.1) is 0 Å². The van der Waals surface area contributed by atoms with Crippen LogP contribution in [-0.4, -0.2) is 73.6 Å². The Hall–Kier alpha value is -5.84. The molecule has 0 radical (unpaired) electrons. The van der Waals surface area contributed by atoms with E-state index in [2.05, 4.69) is 25.6 Å². The summed E-state index contributed by atoms with van der Waals surface area (Å²) in [5, 5.41) is 6.74. The smallest absolute Gasteiger partial charge is 0.247 e. The highest BCUT2D eigenvalue weighted by atomic mass is 16.2. The summed E-state index contributed by atoms with van der Waals surface area (Å²) in [6, 6.07) is 25.5. The quantitative estimate of drug-likeness (QED) is 0.205. The van der Waals surface area contributed by atoms with Crippen LogP contribution >= 0.6 is 0 Å². The molecule has 0 unspecified atom stereocenters. The van der Waals surface area contributed by atoms with E-state index in [1.807, 2.05) is 84.9 Å². The van der Waals surface area contributed by atoms with Gasteiger partial charge in [0.2, 0.25) is 23.6 Å². The molecule has 4 heterocycles. The van der Waals surface area contributed by atoms with E-state index < -0.39 is 12.1 Å². The average molecular weight is 656 g/mol. The topological polar surface area (TPSA) is 140 Å². The van der Waals surface area contributed by atoms with E-state index in [9.17, 15) is 19.2 Å². The van der Waals surface area contributed by atoms with Crippen molar-refractivity contribution in [3.63, 3.8) is 0 Å². The first-order chi connectivity index (χ1) is 23.9. The third-order valence-corrected chi connectivity index (χ3v) is 9.20. The minimum atomic E-state index is -0.536. The molecule has 2 fully saturated rings. The molecule has 11 nitrogen and oxygen atoms in total. The third-order valence-electron chi connectivity index (χ3n) is 9.20. The zero-order chi connectivity index (χ0) is 33.7. The molecule has 3 aromatic carbocycles. The van der Waals surface area contributed by atoms with Crippen LogP contribution in [0.5, 0.6) is 0 Å². The molecular weight excluding hydrogens is 618 g/mol. The van der Waals surface area contributed by atoms with Gasteiger partial charge in [-0.2, -0.15) is 0 Å². The molecule has 7 rings (SSSR count). The van der Waals surface area contributed by atoms with Crippen LogP contribution in [-0.2, 0) is 32.0 Å². The Kier molecular flexibility index (Phi) is 9.14. The third kappa shape index (κ3) is 7.20. The Morgan fingerprint density at radius 2 is 1.20 bits per heavy atom. The number of hydrogen-bond donors (Lipinski definition) is 3. The largest absolute Gasteiger partial charge is 0.352 e. The SMILES string of the molecule is O=C(Nc1cnc(-c2cc3cc(NC(=O)[C@@H]4CCCN4C(=O)Cc4ccccc4)ccc3[nH]2)nc1)[C@@H]1CCCN1C(=O)Cc1ccccc1. The van der Waals surface area contributed by atoms with Crippen molar-refractivity contribution in [2.24, 2.45) is 0 Å². The van der Waals surface area contributed by atoms with Crippen LogP contribution in [0.4, 0.5) is 11.4 Å². The zero-order valence-corrected chi connectivity index (χ0v) is 27.0. The fraction of sp³-hybridized carbons (Fsp3) is 0.263. The first kappa shape index (κ1) is 31.7. The van der Waals surface area contributed by atoms with Crippen molar-refractivity contribution in [1.29, 1.82) is 0 Å². The first-order valence-electron chi connectivity index (χ1n) is 16.6. The van der Waals surface area contributed by atoms with Crippen LogP contribution < -0.4 is 10.6 Å². The molecule has 2 saturated heterocycles. The molecule has 0 aliphatic carbocycles. The van der Waals surface area contributed by atoms with Crippen LogP contribution in [0.15, 0.2) is 97.3 Å². The summed E-state index contributed by atoms with van der Waals surface area (Å²) >= 11 is 0. The summed E-state index contributed by atoms with van der Waals surface area (Å²) in [6.07, 6.45) is 6.42. The standard InChI is InChI=1S/C38H37N7O4/c46-34(19-25-9-3-1-4-10-25)44-17-7-13-32(44)37(48)41-28-15-16-30-27(21-28)22-31(43-30)36-39-23-29(24-40-36)42-38(49)33-14-8-18-45(33)35(47)20-26-11-5-2-6-12-26/h1-6,9-12,15-16,21-24,32-33,43H,7-8,13-14,17-20H2,(H,41,48)(H,42,49)/t32-,33-/m0/s1. The molecule has 5 aromatic rings. The van der Waals surface area contributed by atoms with Crippen molar-refractivity contribution in [2.75, 3.05) is 23.7 Å². The second-order valence-corrected chi connectivity index (χ2v) is 12.6. The van der Waals surface area contributed by atoms with Crippen molar-refractivity contribution in [2.45, 2.75) is 50.6 Å². The van der Waals surface area contributed by atoms with Crippen LogP contribution in [0.25, 0.3) is 22.4 Å². The number of hydrogen-bond acceptors (Lipinski definition) is 6. The van der Waals surface area contributed by atoms with Gasteiger partial charge in [0, 0.05) is 29.7 Å². The molecule has 2 atom stereocenters. The zero-order valence-electron chi connectivity index (χ0n) is 27.0. The molecule has 248 valence electrons. The number of aromatic amines is 1. The molecule has 2 aromatic heterocycles. The van der Waals surface area contributed by atoms with Crippen LogP contribution in [0.1, 0.15) is 36.8 Å². The van der Waals surface area contributed by atoms with E-state index in [0.29, 0.717) is 48.8 Å². The van der Waals surface area contributed by atoms with E-state index in [0.717, 1.165) is 34.9 Å². The molecule has 0 saturated carbocycles. The van der Waals surface area contributed by atoms with Gasteiger partial charge < -0.3 is 25.4 Å². The Labute approximate surface area is 283 Å². The summed E-state index contributed by atoms with van der Waals surface area (Å²) in [4.78, 5) is 68.0. The molecule has 2 aliphatic heterocycles. The van der Waals surface area contributed by atoms with E-state index in [4.69, 9.17) is 0 Å². The number of benzene rings is 3. The summed E-state index contributed by atoms with van der Waals surface area (Å²) in [6.45, 7) is 1.12. The summed E-state index contributed by atoms with van der Waals surface area (Å²) in [7, 11) is 0. The summed E-state index contributed by atoms with van der Waals surface area (Å²) < 4.78 is 0. The van der Waals surface area contributed by atoms with Crippen molar-refractivity contribution in [3.05, 3.63) is 108 Å². The highest BCUT2D eigenvalue weighted by Crippen LogP contribution is 2.27. The maximum atomic E-state index is 13.3. The molecule has 0 bridgehead atoms. The first-order valence-corrected chi connectivity index (χ1v) is 16.6. The minimum Gasteiger partial charge on any atom is -0.352 e. The molecular formula is C38H37N7O4. The number of anilines is 2. The fourth-order valence-electron chi connectivity index (χ4n) is 6.73. The number of nitrogens with zero attached hydrogens (tertiary/aromatic N) is 4. The maximum absolute atomic E-state index is 13.3. The van der Waals surface area contributed by atoms with Crippen LogP contribution in [0.2, 0.25) is 0 Å². The van der Waals surface area contributed by atoms with Gasteiger partial charge in [-0.25, -0.2) is 9.97 Å². The monoisotopic (exact) mass is 655 g/mol. The predicted octanol–water partition coefficient (Wildman–Crippen LogP) is 4.97. The molecule has 49 heavy (non-hydrogen) atoms. The number of fused-ring (bicyclic) bond motifs is 1. The van der Waals surface area contributed by atoms with Crippen molar-refractivity contribution in [3.8, 4) is 11.5 Å². The highest BCUT2D eigenvalue weighted by molar-refractivity contribution is 6.00. The summed E-state index contributed by atoms with van der Waals surface area (Å²) in [5.74, 6) is -0.118. The Morgan fingerprint density at radius 3 is 1.76 bits per heavy atom. The van der Waals surface area contributed by atoms with Crippen molar-refractivity contribution in [1.82, 2.24) is 24.8 Å². The lowest BCUT2D eigenvalue weighted by molar-refractivity contribution is -0.136. The van der Waals surface area contributed by atoms with Gasteiger partial charge in [-0.1, -0.05) is 60.7 Å². The number of rotatable bonds is 9. The van der Waals surface area contributed by atoms with Gasteiger partial charge in [-0.3, -0.25) is 19.2 Å². The number of carbonyl (C=O) groups excluding carboxylic acids is 4. The Bertz CT molecular complexity index is 1980. The second kappa shape index (κ2) is 14.1. The van der Waals surface area contributed by atoms with Crippen molar-refractivity contribution >= 4 is 45.9 Å². The second-order valence-electron chi connectivity index (χ2n) is 12.6.